The number of anilines is 1. The lowest BCUT2D eigenvalue weighted by Crippen LogP contribution is -2.30. The van der Waals surface area contributed by atoms with Crippen LogP contribution in [0, 0.1) is 0 Å². The SMILES string of the molecule is COc1ccc(C=NNc2nc3c(c(=O)[nH]c(=O)n3C)n2CC(O)COC(C)C)cc1. The lowest BCUT2D eigenvalue weighted by atomic mass is 10.2. The fourth-order valence-corrected chi connectivity index (χ4v) is 2.92. The summed E-state index contributed by atoms with van der Waals surface area (Å²) >= 11 is 0. The molecule has 1 atom stereocenters. The van der Waals surface area contributed by atoms with Gasteiger partial charge in [-0.25, -0.2) is 10.2 Å². The molecule has 11 nitrogen and oxygen atoms in total. The Hall–Kier alpha value is -3.44. The number of hydrogen-bond donors (Lipinski definition) is 3. The molecule has 31 heavy (non-hydrogen) atoms. The van der Waals surface area contributed by atoms with Gasteiger partial charge in [0.15, 0.2) is 11.2 Å². The first-order chi connectivity index (χ1) is 14.8. The Balaban J connectivity index is 1.93. The largest absolute Gasteiger partial charge is 0.497 e. The van der Waals surface area contributed by atoms with Crippen LogP contribution in [0.15, 0.2) is 39.0 Å². The van der Waals surface area contributed by atoms with E-state index in [4.69, 9.17) is 9.47 Å². The second-order valence-corrected chi connectivity index (χ2v) is 7.22. The van der Waals surface area contributed by atoms with Crippen LogP contribution in [0.2, 0.25) is 0 Å². The van der Waals surface area contributed by atoms with Crippen molar-refractivity contribution in [2.75, 3.05) is 19.1 Å². The van der Waals surface area contributed by atoms with Gasteiger partial charge in [-0.1, -0.05) is 0 Å². The lowest BCUT2D eigenvalue weighted by Gasteiger charge is -2.15. The van der Waals surface area contributed by atoms with E-state index in [-0.39, 0.29) is 36.4 Å². The molecule has 0 aliphatic rings. The number of rotatable bonds is 9. The van der Waals surface area contributed by atoms with Crippen LogP contribution in [-0.4, -0.2) is 56.3 Å². The minimum Gasteiger partial charge on any atom is -0.497 e. The highest BCUT2D eigenvalue weighted by Gasteiger charge is 2.19. The summed E-state index contributed by atoms with van der Waals surface area (Å²) in [4.78, 5) is 31.0. The molecule has 0 saturated heterocycles. The number of aromatic amines is 1. The van der Waals surface area contributed by atoms with Gasteiger partial charge >= 0.3 is 5.69 Å². The number of aliphatic hydroxyl groups is 1. The Bertz CT molecular complexity index is 1180. The summed E-state index contributed by atoms with van der Waals surface area (Å²) in [5, 5.41) is 14.6. The Morgan fingerprint density at radius 3 is 2.65 bits per heavy atom. The number of hydrogen-bond acceptors (Lipinski definition) is 8. The molecule has 11 heteroatoms. The molecule has 3 aromatic rings. The minimum absolute atomic E-state index is 0.0187. The van der Waals surface area contributed by atoms with Crippen LogP contribution in [0.4, 0.5) is 5.95 Å². The monoisotopic (exact) mass is 430 g/mol. The average molecular weight is 430 g/mol. The third kappa shape index (κ3) is 5.19. The van der Waals surface area contributed by atoms with Gasteiger partial charge in [0.25, 0.3) is 5.56 Å². The summed E-state index contributed by atoms with van der Waals surface area (Å²) < 4.78 is 13.3. The molecule has 2 aromatic heterocycles. The summed E-state index contributed by atoms with van der Waals surface area (Å²) in [6.07, 6.45) is 0.623. The predicted octanol–water partition coefficient (Wildman–Crippen LogP) is 0.664. The van der Waals surface area contributed by atoms with E-state index in [1.165, 1.54) is 16.2 Å². The van der Waals surface area contributed by atoms with E-state index in [0.717, 1.165) is 11.3 Å². The molecule has 1 unspecified atom stereocenters. The zero-order chi connectivity index (χ0) is 22.5. The maximum absolute atomic E-state index is 12.5. The molecule has 0 spiro atoms. The first-order valence-corrected chi connectivity index (χ1v) is 9.72. The summed E-state index contributed by atoms with van der Waals surface area (Å²) in [7, 11) is 3.09. The summed E-state index contributed by atoms with van der Waals surface area (Å²) in [5.74, 6) is 0.930. The number of aliphatic hydroxyl groups excluding tert-OH is 1. The molecule has 1 aromatic carbocycles. The van der Waals surface area contributed by atoms with E-state index in [1.54, 1.807) is 25.5 Å². The van der Waals surface area contributed by atoms with Crippen molar-refractivity contribution in [2.24, 2.45) is 12.1 Å². The highest BCUT2D eigenvalue weighted by molar-refractivity contribution is 5.80. The van der Waals surface area contributed by atoms with Crippen LogP contribution >= 0.6 is 0 Å². The fourth-order valence-electron chi connectivity index (χ4n) is 2.92. The first kappa shape index (κ1) is 22.2. The van der Waals surface area contributed by atoms with Crippen molar-refractivity contribution < 1.29 is 14.6 Å². The molecule has 2 heterocycles. The number of methoxy groups -OCH3 is 1. The average Bonchev–Trinajstić information content (AvgIpc) is 3.10. The molecule has 0 aliphatic carbocycles. The number of fused-ring (bicyclic) bond motifs is 1. The van der Waals surface area contributed by atoms with E-state index in [9.17, 15) is 14.7 Å². The number of benzene rings is 1. The highest BCUT2D eigenvalue weighted by Crippen LogP contribution is 2.16. The Morgan fingerprint density at radius 2 is 2.00 bits per heavy atom. The topological polar surface area (TPSA) is 136 Å². The van der Waals surface area contributed by atoms with Gasteiger partial charge in [-0.15, -0.1) is 0 Å². The normalized spacial score (nSPS) is 12.7. The summed E-state index contributed by atoms with van der Waals surface area (Å²) in [6, 6.07) is 7.26. The molecule has 0 radical (unpaired) electrons. The lowest BCUT2D eigenvalue weighted by molar-refractivity contribution is -0.000105. The molecular formula is C20H26N6O5. The van der Waals surface area contributed by atoms with E-state index in [2.05, 4.69) is 20.5 Å². The molecular weight excluding hydrogens is 404 g/mol. The number of aromatic nitrogens is 4. The highest BCUT2D eigenvalue weighted by atomic mass is 16.5. The van der Waals surface area contributed by atoms with Crippen molar-refractivity contribution in [1.82, 2.24) is 19.1 Å². The van der Waals surface area contributed by atoms with Crippen LogP contribution in [0.1, 0.15) is 19.4 Å². The van der Waals surface area contributed by atoms with Gasteiger partial charge in [0, 0.05) is 7.05 Å². The van der Waals surface area contributed by atoms with Crippen molar-refractivity contribution in [3.8, 4) is 5.75 Å². The van der Waals surface area contributed by atoms with E-state index < -0.39 is 17.4 Å². The van der Waals surface area contributed by atoms with Gasteiger partial charge in [0.1, 0.15) is 5.75 Å². The zero-order valence-corrected chi connectivity index (χ0v) is 17.8. The smallest absolute Gasteiger partial charge is 0.329 e. The molecule has 0 fully saturated rings. The first-order valence-electron chi connectivity index (χ1n) is 9.72. The second-order valence-electron chi connectivity index (χ2n) is 7.22. The van der Waals surface area contributed by atoms with Gasteiger partial charge in [0.2, 0.25) is 5.95 Å². The molecule has 0 aliphatic heterocycles. The maximum atomic E-state index is 12.5. The van der Waals surface area contributed by atoms with E-state index in [1.807, 2.05) is 26.0 Å². The fraction of sp³-hybridized carbons (Fsp3) is 0.400. The van der Waals surface area contributed by atoms with Crippen LogP contribution < -0.4 is 21.4 Å². The maximum Gasteiger partial charge on any atom is 0.329 e. The van der Waals surface area contributed by atoms with E-state index >= 15 is 0 Å². The number of nitrogens with zero attached hydrogens (tertiary/aromatic N) is 4. The number of imidazole rings is 1. The zero-order valence-electron chi connectivity index (χ0n) is 17.8. The number of ether oxygens (including phenoxy) is 2. The third-order valence-corrected chi connectivity index (χ3v) is 4.52. The minimum atomic E-state index is -0.900. The van der Waals surface area contributed by atoms with Gasteiger partial charge < -0.3 is 19.1 Å². The van der Waals surface area contributed by atoms with Gasteiger partial charge in [-0.2, -0.15) is 10.1 Å². The van der Waals surface area contributed by atoms with E-state index in [0.29, 0.717) is 0 Å². The quantitative estimate of drug-likeness (QED) is 0.335. The van der Waals surface area contributed by atoms with Gasteiger partial charge in [-0.3, -0.25) is 14.3 Å². The van der Waals surface area contributed by atoms with Crippen LogP contribution in [0.25, 0.3) is 11.2 Å². The Kier molecular flexibility index (Phi) is 6.88. The Morgan fingerprint density at radius 1 is 1.29 bits per heavy atom. The van der Waals surface area contributed by atoms with Crippen LogP contribution in [0.3, 0.4) is 0 Å². The van der Waals surface area contributed by atoms with Crippen LogP contribution in [0.5, 0.6) is 5.75 Å². The number of hydrazone groups is 1. The number of aryl methyl sites for hydroxylation is 1. The number of H-pyrrole nitrogens is 1. The van der Waals surface area contributed by atoms with Crippen molar-refractivity contribution in [2.45, 2.75) is 32.6 Å². The predicted molar refractivity (Wildman–Crippen MR) is 117 cm³/mol. The summed E-state index contributed by atoms with van der Waals surface area (Å²) in [6.45, 7) is 3.82. The third-order valence-electron chi connectivity index (χ3n) is 4.52. The molecule has 3 rings (SSSR count). The molecule has 3 N–H and O–H groups in total. The molecule has 0 amide bonds. The van der Waals surface area contributed by atoms with Gasteiger partial charge in [-0.05, 0) is 43.7 Å². The number of nitrogens with one attached hydrogen (secondary N) is 2. The standard InChI is InChI=1S/C20H26N6O5/c1-12(2)31-11-14(27)10-26-16-17(25(3)20(29)23-18(16)28)22-19(26)24-21-9-13-5-7-15(30-4)8-6-13/h5-9,12,14,27H,10-11H2,1-4H3,(H,22,24)(H,23,28,29). The molecule has 0 saturated carbocycles. The van der Waals surface area contributed by atoms with Gasteiger partial charge in [0.05, 0.1) is 38.7 Å². The molecule has 166 valence electrons. The summed E-state index contributed by atoms with van der Waals surface area (Å²) in [5.41, 5.74) is 2.74. The Labute approximate surface area is 178 Å². The van der Waals surface area contributed by atoms with Crippen molar-refractivity contribution in [3.05, 3.63) is 50.7 Å². The molecule has 0 bridgehead atoms. The second kappa shape index (κ2) is 9.58. The van der Waals surface area contributed by atoms with Crippen LogP contribution in [-0.2, 0) is 18.3 Å². The van der Waals surface area contributed by atoms with Crippen molar-refractivity contribution in [3.63, 3.8) is 0 Å². The van der Waals surface area contributed by atoms with Crippen molar-refractivity contribution >= 4 is 23.3 Å². The van der Waals surface area contributed by atoms with Crippen molar-refractivity contribution in [1.29, 1.82) is 0 Å².